The van der Waals surface area contributed by atoms with Gasteiger partial charge in [-0.15, -0.1) is 0 Å². The molecule has 4 saturated heterocycles. The van der Waals surface area contributed by atoms with Crippen LogP contribution in [-0.2, 0) is 22.6 Å². The standard InChI is InChI=1S/C41H44FN7O4/c1-24-27(7-5-8-28(24)32-16-43-33(38(45-32)52-3)17-47-18-40(19-47)20-48(21-40)25(2)50)29-9-6-10-30(37(29)42)31-15-26-11-12-34(36(26)39(44-31)53-4)49-22-41(23-49)14-13-35(51)46-41/h5-10,15-16,34H,11-14,17-23H2,1-4H3,(H,46,51). The number of amides is 2. The minimum Gasteiger partial charge on any atom is -0.481 e. The first-order valence-corrected chi connectivity index (χ1v) is 18.5. The zero-order valence-electron chi connectivity index (χ0n) is 30.7. The highest BCUT2D eigenvalue weighted by molar-refractivity contribution is 5.81. The molecule has 53 heavy (non-hydrogen) atoms. The van der Waals surface area contributed by atoms with Crippen molar-refractivity contribution < 1.29 is 23.5 Å². The van der Waals surface area contributed by atoms with Crippen molar-refractivity contribution in [3.05, 3.63) is 76.9 Å². The summed E-state index contributed by atoms with van der Waals surface area (Å²) in [5, 5.41) is 3.18. The normalized spacial score (nSPS) is 21.2. The second-order valence-electron chi connectivity index (χ2n) is 15.8. The number of ether oxygens (including phenoxy) is 2. The van der Waals surface area contributed by atoms with Crippen LogP contribution < -0.4 is 14.8 Å². The maximum Gasteiger partial charge on any atom is 0.237 e. The van der Waals surface area contributed by atoms with Crippen molar-refractivity contribution >= 4 is 11.8 Å². The average molecular weight is 718 g/mol. The predicted octanol–water partition coefficient (Wildman–Crippen LogP) is 4.95. The third-order valence-electron chi connectivity index (χ3n) is 12.2. The van der Waals surface area contributed by atoms with E-state index in [4.69, 9.17) is 24.4 Å². The fourth-order valence-electron chi connectivity index (χ4n) is 9.56. The highest BCUT2D eigenvalue weighted by Gasteiger charge is 2.53. The third-order valence-corrected chi connectivity index (χ3v) is 12.2. The van der Waals surface area contributed by atoms with Crippen LogP contribution in [0, 0.1) is 18.2 Å². The van der Waals surface area contributed by atoms with Gasteiger partial charge in [-0.1, -0.05) is 30.3 Å². The number of aryl methyl sites for hydroxylation is 1. The number of nitrogens with one attached hydrogen (secondary N) is 1. The molecule has 9 rings (SSSR count). The molecule has 274 valence electrons. The van der Waals surface area contributed by atoms with Crippen LogP contribution in [0.4, 0.5) is 4.39 Å². The number of carbonyl (C=O) groups is 2. The predicted molar refractivity (Wildman–Crippen MR) is 197 cm³/mol. The molecule has 12 heteroatoms. The molecule has 1 atom stereocenters. The van der Waals surface area contributed by atoms with E-state index < -0.39 is 0 Å². The Morgan fingerprint density at radius 2 is 1.62 bits per heavy atom. The van der Waals surface area contributed by atoms with Gasteiger partial charge in [0.25, 0.3) is 0 Å². The lowest BCUT2D eigenvalue weighted by atomic mass is 9.73. The Morgan fingerprint density at radius 3 is 2.32 bits per heavy atom. The van der Waals surface area contributed by atoms with Gasteiger partial charge in [-0.25, -0.2) is 14.4 Å². The number of pyridine rings is 1. The highest BCUT2D eigenvalue weighted by Crippen LogP contribution is 2.47. The maximum absolute atomic E-state index is 16.7. The minimum absolute atomic E-state index is 0.0999. The van der Waals surface area contributed by atoms with E-state index >= 15 is 4.39 Å². The number of fused-ring (bicyclic) bond motifs is 1. The van der Waals surface area contributed by atoms with Gasteiger partial charge in [0.05, 0.1) is 37.3 Å². The Bertz CT molecular complexity index is 2150. The lowest BCUT2D eigenvalue weighted by Crippen LogP contribution is -2.72. The average Bonchev–Trinajstić information content (AvgIpc) is 3.71. The smallest absolute Gasteiger partial charge is 0.237 e. The number of hydrogen-bond donors (Lipinski definition) is 1. The molecule has 0 radical (unpaired) electrons. The molecule has 1 unspecified atom stereocenters. The quantitative estimate of drug-likeness (QED) is 0.271. The minimum atomic E-state index is -0.345. The van der Waals surface area contributed by atoms with Gasteiger partial charge in [-0.2, -0.15) is 0 Å². The zero-order valence-corrected chi connectivity index (χ0v) is 30.7. The lowest BCUT2D eigenvalue weighted by molar-refractivity contribution is -0.157. The van der Waals surface area contributed by atoms with Gasteiger partial charge >= 0.3 is 0 Å². The van der Waals surface area contributed by atoms with Crippen molar-refractivity contribution in [3.63, 3.8) is 0 Å². The van der Waals surface area contributed by atoms with Crippen LogP contribution in [0.2, 0.25) is 0 Å². The summed E-state index contributed by atoms with van der Waals surface area (Å²) in [4.78, 5) is 44.7. The molecule has 11 nitrogen and oxygen atoms in total. The number of nitrogens with zero attached hydrogens (tertiary/aromatic N) is 6. The van der Waals surface area contributed by atoms with Gasteiger partial charge in [-0.05, 0) is 55.0 Å². The van der Waals surface area contributed by atoms with Gasteiger partial charge in [0.15, 0.2) is 0 Å². The molecular weight excluding hydrogens is 673 g/mol. The number of rotatable bonds is 8. The highest BCUT2D eigenvalue weighted by atomic mass is 19.1. The largest absolute Gasteiger partial charge is 0.481 e. The molecule has 4 fully saturated rings. The molecule has 4 aliphatic heterocycles. The van der Waals surface area contributed by atoms with Gasteiger partial charge < -0.3 is 19.7 Å². The second-order valence-corrected chi connectivity index (χ2v) is 15.8. The summed E-state index contributed by atoms with van der Waals surface area (Å²) in [5.41, 5.74) is 7.66. The molecular formula is C41H44FN7O4. The molecule has 4 aromatic rings. The van der Waals surface area contributed by atoms with Gasteiger partial charge in [0.1, 0.15) is 11.5 Å². The molecule has 2 amide bonds. The van der Waals surface area contributed by atoms with E-state index in [1.807, 2.05) is 42.2 Å². The van der Waals surface area contributed by atoms with Crippen molar-refractivity contribution in [2.24, 2.45) is 5.41 Å². The van der Waals surface area contributed by atoms with Crippen LogP contribution in [0.5, 0.6) is 11.8 Å². The Kier molecular flexibility index (Phi) is 8.04. The molecule has 2 aromatic carbocycles. The summed E-state index contributed by atoms with van der Waals surface area (Å²) in [7, 11) is 3.23. The van der Waals surface area contributed by atoms with E-state index in [0.29, 0.717) is 47.2 Å². The van der Waals surface area contributed by atoms with Crippen LogP contribution in [0.3, 0.4) is 0 Å². The molecule has 6 heterocycles. The van der Waals surface area contributed by atoms with Crippen molar-refractivity contribution in [2.75, 3.05) is 53.5 Å². The first kappa shape index (κ1) is 33.9. The summed E-state index contributed by atoms with van der Waals surface area (Å²) < 4.78 is 28.3. The Balaban J connectivity index is 0.956. The summed E-state index contributed by atoms with van der Waals surface area (Å²) in [5.74, 6) is 0.934. The van der Waals surface area contributed by atoms with Gasteiger partial charge in [-0.3, -0.25) is 24.4 Å². The van der Waals surface area contributed by atoms with Crippen molar-refractivity contribution in [2.45, 2.75) is 57.7 Å². The summed E-state index contributed by atoms with van der Waals surface area (Å²) in [6, 6.07) is 13.5. The zero-order chi connectivity index (χ0) is 36.6. The number of aromatic nitrogens is 3. The number of likely N-dealkylation sites (tertiary alicyclic amines) is 3. The monoisotopic (exact) mass is 717 g/mol. The van der Waals surface area contributed by atoms with Gasteiger partial charge in [0, 0.05) is 92.9 Å². The van der Waals surface area contributed by atoms with Crippen molar-refractivity contribution in [1.29, 1.82) is 0 Å². The molecule has 1 aliphatic carbocycles. The van der Waals surface area contributed by atoms with E-state index in [0.717, 1.165) is 92.0 Å². The number of methoxy groups -OCH3 is 2. The van der Waals surface area contributed by atoms with Crippen LogP contribution in [0.25, 0.3) is 33.6 Å². The third kappa shape index (κ3) is 5.65. The first-order valence-electron chi connectivity index (χ1n) is 18.5. The molecule has 2 spiro atoms. The number of carbonyl (C=O) groups excluding carboxylic acids is 2. The Morgan fingerprint density at radius 1 is 0.925 bits per heavy atom. The SMILES string of the molecule is COc1nc(-c2cccc(-c3cccc(-c4cc5c(c(OC)n4)C(N4CC6(CCC(=O)N6)C4)CC5)c3F)c2C)cnc1CN1CC2(C1)CN(C(C)=O)C2. The molecule has 1 N–H and O–H groups in total. The van der Waals surface area contributed by atoms with Crippen LogP contribution in [0.15, 0.2) is 48.7 Å². The van der Waals surface area contributed by atoms with E-state index in [1.54, 1.807) is 39.5 Å². The second kappa shape index (κ2) is 12.6. The summed E-state index contributed by atoms with van der Waals surface area (Å²) in [6.07, 6.45) is 5.03. The Labute approximate surface area is 308 Å². The van der Waals surface area contributed by atoms with Gasteiger partial charge in [0.2, 0.25) is 23.6 Å². The van der Waals surface area contributed by atoms with E-state index in [-0.39, 0.29) is 34.6 Å². The van der Waals surface area contributed by atoms with Crippen molar-refractivity contribution in [1.82, 2.24) is 35.0 Å². The molecule has 2 aromatic heterocycles. The topological polar surface area (TPSA) is 113 Å². The van der Waals surface area contributed by atoms with Crippen molar-refractivity contribution in [3.8, 4) is 45.4 Å². The molecule has 0 saturated carbocycles. The molecule has 5 aliphatic rings. The summed E-state index contributed by atoms with van der Waals surface area (Å²) >= 11 is 0. The Hall–Kier alpha value is -4.94. The summed E-state index contributed by atoms with van der Waals surface area (Å²) in [6.45, 7) is 9.36. The fraction of sp³-hybridized carbons (Fsp3) is 0.439. The van der Waals surface area contributed by atoms with E-state index in [1.165, 1.54) is 0 Å². The number of hydrogen-bond acceptors (Lipinski definition) is 9. The van der Waals surface area contributed by atoms with E-state index in [9.17, 15) is 9.59 Å². The molecule has 0 bridgehead atoms. The fourth-order valence-corrected chi connectivity index (χ4v) is 9.56. The van der Waals surface area contributed by atoms with Crippen LogP contribution in [0.1, 0.15) is 54.6 Å². The van der Waals surface area contributed by atoms with Crippen LogP contribution >= 0.6 is 0 Å². The number of halogens is 1. The maximum atomic E-state index is 16.7. The van der Waals surface area contributed by atoms with Crippen LogP contribution in [-0.4, -0.2) is 100 Å². The lowest BCUT2D eigenvalue weighted by Gasteiger charge is -2.60. The first-order chi connectivity index (χ1) is 25.6. The van der Waals surface area contributed by atoms with E-state index in [2.05, 4.69) is 15.1 Å². The number of benzene rings is 2.